The number of halogens is 1. The van der Waals surface area contributed by atoms with Crippen molar-refractivity contribution in [1.29, 1.82) is 0 Å². The van der Waals surface area contributed by atoms with E-state index >= 15 is 0 Å². The monoisotopic (exact) mass is 259 g/mol. The fourth-order valence-electron chi connectivity index (χ4n) is 1.97. The Morgan fingerprint density at radius 2 is 2.14 bits per heavy atom. The van der Waals surface area contributed by atoms with Crippen molar-refractivity contribution in [1.82, 2.24) is 0 Å². The fraction of sp³-hybridized carbons (Fsp3) is 0.600. The summed E-state index contributed by atoms with van der Waals surface area (Å²) < 4.78 is 6.15. The Morgan fingerprint density at radius 1 is 1.50 bits per heavy atom. The molecule has 1 heterocycles. The summed E-state index contributed by atoms with van der Waals surface area (Å²) in [4.78, 5) is 0. The molecule has 4 heteroatoms. The predicted octanol–water partition coefficient (Wildman–Crippen LogP) is 2.13. The molecule has 3 nitrogen and oxygen atoms in total. The van der Waals surface area contributed by atoms with Crippen molar-refractivity contribution in [3.8, 4) is 0 Å². The molecule has 1 fully saturated rings. The minimum atomic E-state index is -0.821. The second-order valence-corrected chi connectivity index (χ2v) is 4.82. The normalized spacial score (nSPS) is 33.2. The van der Waals surface area contributed by atoms with Crippen LogP contribution in [-0.4, -0.2) is 11.1 Å². The zero-order valence-corrected chi connectivity index (χ0v) is 9.46. The number of hydrogen-bond acceptors (Lipinski definition) is 3. The van der Waals surface area contributed by atoms with Crippen molar-refractivity contribution < 1.29 is 9.52 Å². The van der Waals surface area contributed by atoms with E-state index in [-0.39, 0.29) is 6.04 Å². The number of furan rings is 1. The van der Waals surface area contributed by atoms with Crippen LogP contribution in [-0.2, 0) is 5.60 Å². The maximum atomic E-state index is 10.4. The fourth-order valence-corrected chi connectivity index (χ4v) is 2.54. The molecule has 1 aliphatic rings. The molecule has 0 atom stereocenters. The van der Waals surface area contributed by atoms with Gasteiger partial charge in [0, 0.05) is 6.04 Å². The molecule has 78 valence electrons. The summed E-state index contributed by atoms with van der Waals surface area (Å²) in [6, 6.07) is 2.03. The molecule has 0 unspecified atom stereocenters. The minimum Gasteiger partial charge on any atom is -0.465 e. The van der Waals surface area contributed by atoms with Gasteiger partial charge < -0.3 is 15.3 Å². The summed E-state index contributed by atoms with van der Waals surface area (Å²) in [6.45, 7) is 0. The second kappa shape index (κ2) is 3.68. The van der Waals surface area contributed by atoms with Crippen molar-refractivity contribution >= 4 is 15.9 Å². The summed E-state index contributed by atoms with van der Waals surface area (Å²) in [5.41, 5.74) is 4.97. The molecular weight excluding hydrogens is 246 g/mol. The van der Waals surface area contributed by atoms with Gasteiger partial charge in [0.15, 0.2) is 0 Å². The zero-order valence-electron chi connectivity index (χ0n) is 7.87. The van der Waals surface area contributed by atoms with Crippen molar-refractivity contribution in [2.75, 3.05) is 0 Å². The van der Waals surface area contributed by atoms with E-state index in [9.17, 15) is 5.11 Å². The van der Waals surface area contributed by atoms with Gasteiger partial charge in [-0.25, -0.2) is 0 Å². The lowest BCUT2D eigenvalue weighted by Gasteiger charge is -2.33. The van der Waals surface area contributed by atoms with Crippen LogP contribution in [0.5, 0.6) is 0 Å². The van der Waals surface area contributed by atoms with Crippen LogP contribution in [0.2, 0.25) is 0 Å². The first-order chi connectivity index (χ1) is 6.62. The predicted molar refractivity (Wildman–Crippen MR) is 56.7 cm³/mol. The Labute approximate surface area is 91.4 Å². The number of hydrogen-bond donors (Lipinski definition) is 2. The van der Waals surface area contributed by atoms with Crippen molar-refractivity contribution in [3.63, 3.8) is 0 Å². The first kappa shape index (κ1) is 10.2. The third kappa shape index (κ3) is 1.74. The molecule has 3 N–H and O–H groups in total. The highest BCUT2D eigenvalue weighted by molar-refractivity contribution is 9.10. The lowest BCUT2D eigenvalue weighted by Crippen LogP contribution is -2.36. The summed E-state index contributed by atoms with van der Waals surface area (Å²) in [7, 11) is 0. The first-order valence-electron chi connectivity index (χ1n) is 4.83. The second-order valence-electron chi connectivity index (χ2n) is 3.97. The smallest absolute Gasteiger partial charge is 0.149 e. The Balaban J connectivity index is 2.21. The highest BCUT2D eigenvalue weighted by Crippen LogP contribution is 2.40. The molecule has 1 saturated carbocycles. The van der Waals surface area contributed by atoms with E-state index < -0.39 is 5.60 Å². The summed E-state index contributed by atoms with van der Waals surface area (Å²) in [5, 5.41) is 10.4. The molecule has 14 heavy (non-hydrogen) atoms. The van der Waals surface area contributed by atoms with E-state index in [0.717, 1.165) is 17.3 Å². The van der Waals surface area contributed by atoms with Gasteiger partial charge >= 0.3 is 0 Å². The Kier molecular flexibility index (Phi) is 2.68. The molecule has 2 rings (SSSR count). The Hall–Kier alpha value is -0.320. The standard InChI is InChI=1S/C10H14BrNO2/c11-8-3-6-14-9(8)10(13)4-1-7(12)2-5-10/h3,6-7,13H,1-2,4-5,12H2. The van der Waals surface area contributed by atoms with Gasteiger partial charge in [-0.2, -0.15) is 0 Å². The first-order valence-corrected chi connectivity index (χ1v) is 5.62. The van der Waals surface area contributed by atoms with Gasteiger partial charge in [-0.05, 0) is 47.7 Å². The number of aliphatic hydroxyl groups is 1. The van der Waals surface area contributed by atoms with E-state index in [4.69, 9.17) is 10.2 Å². The van der Waals surface area contributed by atoms with Gasteiger partial charge in [-0.1, -0.05) is 0 Å². The van der Waals surface area contributed by atoms with Gasteiger partial charge in [0.1, 0.15) is 11.4 Å². The highest BCUT2D eigenvalue weighted by Gasteiger charge is 2.37. The molecule has 0 amide bonds. The average molecular weight is 260 g/mol. The van der Waals surface area contributed by atoms with Crippen LogP contribution in [0, 0.1) is 0 Å². The van der Waals surface area contributed by atoms with Gasteiger partial charge in [0.25, 0.3) is 0 Å². The van der Waals surface area contributed by atoms with Gasteiger partial charge in [-0.3, -0.25) is 0 Å². The van der Waals surface area contributed by atoms with Crippen LogP contribution in [0.15, 0.2) is 21.2 Å². The van der Waals surface area contributed by atoms with E-state index in [1.807, 2.05) is 6.07 Å². The lowest BCUT2D eigenvalue weighted by atomic mass is 9.81. The Bertz CT molecular complexity index is 316. The van der Waals surface area contributed by atoms with Crippen LogP contribution in [0.1, 0.15) is 31.4 Å². The largest absolute Gasteiger partial charge is 0.465 e. The van der Waals surface area contributed by atoms with Crippen LogP contribution < -0.4 is 5.73 Å². The lowest BCUT2D eigenvalue weighted by molar-refractivity contribution is -0.0244. The quantitative estimate of drug-likeness (QED) is 0.813. The van der Waals surface area contributed by atoms with E-state index in [0.29, 0.717) is 18.6 Å². The molecule has 0 bridgehead atoms. The van der Waals surface area contributed by atoms with E-state index in [1.165, 1.54) is 0 Å². The van der Waals surface area contributed by atoms with Crippen molar-refractivity contribution in [3.05, 3.63) is 22.6 Å². The maximum absolute atomic E-state index is 10.4. The minimum absolute atomic E-state index is 0.226. The topological polar surface area (TPSA) is 59.4 Å². The number of nitrogens with two attached hydrogens (primary N) is 1. The summed E-state index contributed by atoms with van der Waals surface area (Å²) in [5.74, 6) is 0.643. The molecule has 1 aliphatic carbocycles. The third-order valence-electron chi connectivity index (χ3n) is 2.90. The summed E-state index contributed by atoms with van der Waals surface area (Å²) in [6.07, 6.45) is 4.65. The molecule has 0 aliphatic heterocycles. The number of rotatable bonds is 1. The van der Waals surface area contributed by atoms with Crippen molar-refractivity contribution in [2.24, 2.45) is 5.73 Å². The maximum Gasteiger partial charge on any atom is 0.149 e. The van der Waals surface area contributed by atoms with Crippen LogP contribution in [0.3, 0.4) is 0 Å². The van der Waals surface area contributed by atoms with E-state index in [1.54, 1.807) is 6.26 Å². The molecule has 0 spiro atoms. The van der Waals surface area contributed by atoms with Crippen LogP contribution >= 0.6 is 15.9 Å². The van der Waals surface area contributed by atoms with Crippen LogP contribution in [0.25, 0.3) is 0 Å². The highest BCUT2D eigenvalue weighted by atomic mass is 79.9. The van der Waals surface area contributed by atoms with Gasteiger partial charge in [0.2, 0.25) is 0 Å². The van der Waals surface area contributed by atoms with Gasteiger partial charge in [-0.15, -0.1) is 0 Å². The van der Waals surface area contributed by atoms with Crippen LogP contribution in [0.4, 0.5) is 0 Å². The molecule has 1 aromatic rings. The SMILES string of the molecule is NC1CCC(O)(c2occc2Br)CC1. The van der Waals surface area contributed by atoms with E-state index in [2.05, 4.69) is 15.9 Å². The summed E-state index contributed by atoms with van der Waals surface area (Å²) >= 11 is 3.37. The molecular formula is C10H14BrNO2. The Morgan fingerprint density at radius 3 is 2.64 bits per heavy atom. The van der Waals surface area contributed by atoms with Crippen molar-refractivity contribution in [2.45, 2.75) is 37.3 Å². The average Bonchev–Trinajstić information content (AvgIpc) is 2.58. The van der Waals surface area contributed by atoms with Gasteiger partial charge in [0.05, 0.1) is 10.7 Å². The molecule has 0 aromatic carbocycles. The molecule has 0 saturated heterocycles. The molecule has 1 aromatic heterocycles. The zero-order chi connectivity index (χ0) is 10.2. The third-order valence-corrected chi connectivity index (χ3v) is 3.52. The molecule has 0 radical (unpaired) electrons.